The van der Waals surface area contributed by atoms with Crippen LogP contribution in [0.15, 0.2) is 11.1 Å². The van der Waals surface area contributed by atoms with Crippen molar-refractivity contribution in [3.05, 3.63) is 16.7 Å². The Morgan fingerprint density at radius 1 is 1.38 bits per heavy atom. The first-order valence-electron chi connectivity index (χ1n) is 7.48. The molecule has 1 aliphatic heterocycles. The lowest BCUT2D eigenvalue weighted by atomic mass is 10.4. The average Bonchev–Trinajstić information content (AvgIpc) is 3.01. The van der Waals surface area contributed by atoms with Crippen molar-refractivity contribution in [2.75, 3.05) is 45.3 Å². The van der Waals surface area contributed by atoms with E-state index in [1.807, 2.05) is 0 Å². The second kappa shape index (κ2) is 9.30. The third-order valence-electron chi connectivity index (χ3n) is 3.20. The van der Waals surface area contributed by atoms with Gasteiger partial charge >= 0.3 is 0 Å². The molecule has 11 heteroatoms. The normalized spacial score (nSPS) is 14.6. The Hall–Kier alpha value is -2.05. The number of imidazole rings is 1. The van der Waals surface area contributed by atoms with Crippen LogP contribution in [0, 0.1) is 0 Å². The number of nitrogens with zero attached hydrogens (tertiary/aromatic N) is 3. The van der Waals surface area contributed by atoms with E-state index in [-0.39, 0.29) is 37.1 Å². The van der Waals surface area contributed by atoms with Gasteiger partial charge in [0.25, 0.3) is 5.56 Å². The van der Waals surface area contributed by atoms with E-state index in [0.29, 0.717) is 0 Å². The van der Waals surface area contributed by atoms with Crippen LogP contribution < -0.4 is 16.6 Å². The predicted molar refractivity (Wildman–Crippen MR) is 85.3 cm³/mol. The van der Waals surface area contributed by atoms with Crippen molar-refractivity contribution in [3.8, 4) is 0 Å². The van der Waals surface area contributed by atoms with Crippen LogP contribution in [0.1, 0.15) is 0 Å². The molecule has 24 heavy (non-hydrogen) atoms. The molecule has 2 aromatic rings. The number of hydrogen-bond donors (Lipinski definition) is 5. The van der Waals surface area contributed by atoms with Gasteiger partial charge in [0.05, 0.1) is 32.8 Å². The first-order chi connectivity index (χ1) is 11.7. The number of aromatic nitrogens is 4. The van der Waals surface area contributed by atoms with Gasteiger partial charge in [0.1, 0.15) is 12.8 Å². The molecule has 0 bridgehead atoms. The first-order valence-corrected chi connectivity index (χ1v) is 7.48. The molecule has 3 heterocycles. The zero-order chi connectivity index (χ0) is 17.4. The molecule has 0 atom stereocenters. The third kappa shape index (κ3) is 4.97. The monoisotopic (exact) mass is 342 g/mol. The molecular formula is C13H22N6O5. The fourth-order valence-electron chi connectivity index (χ4n) is 1.93. The highest BCUT2D eigenvalue weighted by Crippen LogP contribution is 2.07. The number of aliphatic hydroxyl groups excluding tert-OH is 2. The molecule has 1 fully saturated rings. The second-order valence-corrected chi connectivity index (χ2v) is 4.98. The second-order valence-electron chi connectivity index (χ2n) is 4.98. The Kier molecular flexibility index (Phi) is 7.08. The zero-order valence-corrected chi connectivity index (χ0v) is 13.1. The molecule has 0 unspecified atom stereocenters. The lowest BCUT2D eigenvalue weighted by Gasteiger charge is -2.12. The van der Waals surface area contributed by atoms with E-state index in [0.717, 1.165) is 26.3 Å². The lowest BCUT2D eigenvalue weighted by Crippen LogP contribution is -2.30. The zero-order valence-electron chi connectivity index (χ0n) is 13.1. The molecule has 0 spiro atoms. The molecule has 0 radical (unpaired) electrons. The van der Waals surface area contributed by atoms with E-state index >= 15 is 0 Å². The van der Waals surface area contributed by atoms with E-state index in [9.17, 15) is 4.79 Å². The molecule has 0 aliphatic carbocycles. The number of nitrogens with two attached hydrogens (primary N) is 1. The van der Waals surface area contributed by atoms with E-state index < -0.39 is 11.7 Å². The molecule has 1 aliphatic rings. The summed E-state index contributed by atoms with van der Waals surface area (Å²) in [6.45, 7) is 3.22. The largest absolute Gasteiger partial charge is 0.394 e. The van der Waals surface area contributed by atoms with Crippen molar-refractivity contribution < 1.29 is 19.7 Å². The van der Waals surface area contributed by atoms with Gasteiger partial charge in [-0.05, 0) is 0 Å². The quantitative estimate of drug-likeness (QED) is 0.400. The van der Waals surface area contributed by atoms with Gasteiger partial charge in [0, 0.05) is 13.1 Å². The number of fused-ring (bicyclic) bond motifs is 1. The summed E-state index contributed by atoms with van der Waals surface area (Å²) >= 11 is 0. The van der Waals surface area contributed by atoms with Crippen LogP contribution in [-0.4, -0.2) is 75.4 Å². The Bertz CT molecular complexity index is 668. The Labute approximate surface area is 137 Å². The van der Waals surface area contributed by atoms with Gasteiger partial charge in [0.15, 0.2) is 11.2 Å². The van der Waals surface area contributed by atoms with Crippen molar-refractivity contribution in [1.82, 2.24) is 24.8 Å². The molecular weight excluding hydrogens is 320 g/mol. The highest BCUT2D eigenvalue weighted by Gasteiger charge is 2.11. The number of anilines is 1. The number of nitrogen functional groups attached to an aromatic ring is 1. The van der Waals surface area contributed by atoms with Gasteiger partial charge in [-0.1, -0.05) is 0 Å². The van der Waals surface area contributed by atoms with Crippen LogP contribution in [0.4, 0.5) is 5.95 Å². The standard InChI is InChI=1S/C9H13N5O4.C4H9NO/c10-9-12-7-6(8(17)13-9)11-3-14(7)4-18-5(1-15)2-16;1-3-6-4-2-5-1/h3,5,15-16H,1-2,4H2,(H3,10,12,13,17);5H,1-4H2. The molecule has 3 rings (SSSR count). The van der Waals surface area contributed by atoms with Crippen LogP contribution >= 0.6 is 0 Å². The molecule has 0 saturated carbocycles. The maximum atomic E-state index is 11.5. The SMILES string of the molecule is C1COCCN1.Nc1nc2c(ncn2COC(CO)CO)c(=O)[nH]1. The van der Waals surface area contributed by atoms with E-state index in [2.05, 4.69) is 20.3 Å². The summed E-state index contributed by atoms with van der Waals surface area (Å²) in [5, 5.41) is 20.9. The minimum absolute atomic E-state index is 0.00181. The van der Waals surface area contributed by atoms with Crippen LogP contribution in [0.2, 0.25) is 0 Å². The maximum absolute atomic E-state index is 11.5. The Balaban J connectivity index is 0.000000292. The number of nitrogens with one attached hydrogen (secondary N) is 2. The van der Waals surface area contributed by atoms with Crippen molar-refractivity contribution in [3.63, 3.8) is 0 Å². The molecule has 0 amide bonds. The van der Waals surface area contributed by atoms with Crippen LogP contribution in [0.5, 0.6) is 0 Å². The van der Waals surface area contributed by atoms with Crippen molar-refractivity contribution in [2.24, 2.45) is 0 Å². The van der Waals surface area contributed by atoms with Crippen molar-refractivity contribution in [1.29, 1.82) is 0 Å². The highest BCUT2D eigenvalue weighted by molar-refractivity contribution is 5.70. The fraction of sp³-hybridized carbons (Fsp3) is 0.615. The van der Waals surface area contributed by atoms with Gasteiger partial charge in [-0.3, -0.25) is 14.3 Å². The number of aliphatic hydroxyl groups is 2. The minimum Gasteiger partial charge on any atom is -0.394 e. The summed E-state index contributed by atoms with van der Waals surface area (Å²) in [6, 6.07) is 0. The minimum atomic E-state index is -0.693. The summed E-state index contributed by atoms with van der Waals surface area (Å²) in [6.07, 6.45) is 0.680. The molecule has 11 nitrogen and oxygen atoms in total. The van der Waals surface area contributed by atoms with Crippen LogP contribution in [0.25, 0.3) is 11.2 Å². The summed E-state index contributed by atoms with van der Waals surface area (Å²) in [4.78, 5) is 21.6. The van der Waals surface area contributed by atoms with Gasteiger partial charge in [-0.15, -0.1) is 0 Å². The summed E-state index contributed by atoms with van der Waals surface area (Å²) in [7, 11) is 0. The Morgan fingerprint density at radius 2 is 2.08 bits per heavy atom. The van der Waals surface area contributed by atoms with Crippen LogP contribution in [-0.2, 0) is 16.2 Å². The van der Waals surface area contributed by atoms with Gasteiger partial charge in [-0.25, -0.2) is 4.98 Å². The number of hydrogen-bond acceptors (Lipinski definition) is 9. The van der Waals surface area contributed by atoms with Gasteiger partial charge < -0.3 is 30.7 Å². The summed E-state index contributed by atoms with van der Waals surface area (Å²) in [5.74, 6) is -0.0184. The van der Waals surface area contributed by atoms with Crippen LogP contribution in [0.3, 0.4) is 0 Å². The predicted octanol–water partition coefficient (Wildman–Crippen LogP) is -2.36. The van der Waals surface area contributed by atoms with E-state index in [4.69, 9.17) is 25.4 Å². The van der Waals surface area contributed by atoms with Gasteiger partial charge in [0.2, 0.25) is 5.95 Å². The first kappa shape index (κ1) is 18.3. The molecule has 134 valence electrons. The Morgan fingerprint density at radius 3 is 2.62 bits per heavy atom. The molecule has 1 saturated heterocycles. The summed E-state index contributed by atoms with van der Waals surface area (Å²) in [5.41, 5.74) is 5.43. The molecule has 6 N–H and O–H groups in total. The van der Waals surface area contributed by atoms with E-state index in [1.165, 1.54) is 10.9 Å². The van der Waals surface area contributed by atoms with Crippen molar-refractivity contribution in [2.45, 2.75) is 12.8 Å². The number of H-pyrrole nitrogens is 1. The number of aromatic amines is 1. The summed E-state index contributed by atoms with van der Waals surface area (Å²) < 4.78 is 11.7. The smallest absolute Gasteiger partial charge is 0.280 e. The molecule has 2 aromatic heterocycles. The van der Waals surface area contributed by atoms with Crippen molar-refractivity contribution >= 4 is 17.1 Å². The number of morpholine rings is 1. The number of rotatable bonds is 5. The maximum Gasteiger partial charge on any atom is 0.280 e. The fourth-order valence-corrected chi connectivity index (χ4v) is 1.93. The number of ether oxygens (including phenoxy) is 2. The van der Waals surface area contributed by atoms with Gasteiger partial charge in [-0.2, -0.15) is 4.98 Å². The average molecular weight is 342 g/mol. The highest BCUT2D eigenvalue weighted by atomic mass is 16.5. The van der Waals surface area contributed by atoms with E-state index in [1.54, 1.807) is 0 Å². The lowest BCUT2D eigenvalue weighted by molar-refractivity contribution is -0.0488. The topological polar surface area (TPSA) is 161 Å². The molecule has 0 aromatic carbocycles. The third-order valence-corrected chi connectivity index (χ3v) is 3.20.